The van der Waals surface area contributed by atoms with Gasteiger partial charge in [-0.25, -0.2) is 0 Å². The molecule has 0 aromatic carbocycles. The van der Waals surface area contributed by atoms with E-state index in [1.54, 1.807) is 11.3 Å². The highest BCUT2D eigenvalue weighted by Crippen LogP contribution is 2.40. The number of rotatable bonds is 1. The first-order valence-electron chi connectivity index (χ1n) is 3.75. The predicted octanol–water partition coefficient (Wildman–Crippen LogP) is 2.14. The van der Waals surface area contributed by atoms with E-state index < -0.39 is 0 Å². The highest BCUT2D eigenvalue weighted by molar-refractivity contribution is 9.11. The number of thiophene rings is 1. The summed E-state index contributed by atoms with van der Waals surface area (Å²) in [7, 11) is 0. The van der Waals surface area contributed by atoms with Gasteiger partial charge in [0.2, 0.25) is 0 Å². The molecular weight excluding hydrogens is 238 g/mol. The molecule has 0 fully saturated rings. The van der Waals surface area contributed by atoms with Gasteiger partial charge in [-0.3, -0.25) is 4.79 Å². The van der Waals surface area contributed by atoms with E-state index in [9.17, 15) is 4.79 Å². The van der Waals surface area contributed by atoms with Gasteiger partial charge in [0, 0.05) is 29.3 Å². The minimum atomic E-state index is 0.238. The van der Waals surface area contributed by atoms with Gasteiger partial charge >= 0.3 is 0 Å². The Hall–Kier alpha value is -0.190. The van der Waals surface area contributed by atoms with Crippen molar-refractivity contribution in [3.8, 4) is 0 Å². The molecule has 12 heavy (non-hydrogen) atoms. The van der Waals surface area contributed by atoms with Gasteiger partial charge in [-0.1, -0.05) is 0 Å². The SMILES string of the molecule is NCC1CC(=O)c2cc(Br)sc21. The third-order valence-corrected chi connectivity index (χ3v) is 3.92. The standard InChI is InChI=1S/C8H8BrNOS/c9-7-2-5-6(11)1-4(3-10)8(5)12-7/h2,4H,1,3,10H2. The van der Waals surface area contributed by atoms with E-state index in [0.717, 1.165) is 14.2 Å². The minimum absolute atomic E-state index is 0.238. The summed E-state index contributed by atoms with van der Waals surface area (Å²) in [5.41, 5.74) is 6.44. The Balaban J connectivity index is 2.48. The molecular formula is C8H8BrNOS. The number of halogens is 1. The van der Waals surface area contributed by atoms with E-state index in [-0.39, 0.29) is 11.7 Å². The molecule has 4 heteroatoms. The second-order valence-corrected chi connectivity index (χ2v) is 5.35. The lowest BCUT2D eigenvalue weighted by atomic mass is 10.1. The van der Waals surface area contributed by atoms with E-state index in [1.807, 2.05) is 6.07 Å². The van der Waals surface area contributed by atoms with Gasteiger partial charge in [-0.15, -0.1) is 11.3 Å². The van der Waals surface area contributed by atoms with Crippen LogP contribution in [0.1, 0.15) is 27.6 Å². The molecule has 0 amide bonds. The molecule has 2 nitrogen and oxygen atoms in total. The third kappa shape index (κ3) is 1.14. The molecule has 2 rings (SSSR count). The number of carbonyl (C=O) groups is 1. The topological polar surface area (TPSA) is 43.1 Å². The van der Waals surface area contributed by atoms with Crippen molar-refractivity contribution in [1.82, 2.24) is 0 Å². The molecule has 2 N–H and O–H groups in total. The maximum absolute atomic E-state index is 11.4. The monoisotopic (exact) mass is 245 g/mol. The van der Waals surface area contributed by atoms with Crippen molar-refractivity contribution in [2.24, 2.45) is 5.73 Å². The van der Waals surface area contributed by atoms with Gasteiger partial charge in [0.25, 0.3) is 0 Å². The van der Waals surface area contributed by atoms with E-state index >= 15 is 0 Å². The van der Waals surface area contributed by atoms with Crippen molar-refractivity contribution < 1.29 is 4.79 Å². The Morgan fingerprint density at radius 1 is 1.75 bits per heavy atom. The maximum atomic E-state index is 11.4. The normalized spacial score (nSPS) is 21.5. The van der Waals surface area contributed by atoms with Crippen molar-refractivity contribution in [3.63, 3.8) is 0 Å². The zero-order valence-corrected chi connectivity index (χ0v) is 8.74. The number of fused-ring (bicyclic) bond motifs is 1. The molecule has 1 unspecified atom stereocenters. The lowest BCUT2D eigenvalue weighted by molar-refractivity contribution is 0.0989. The highest BCUT2D eigenvalue weighted by atomic mass is 79.9. The summed E-state index contributed by atoms with van der Waals surface area (Å²) in [5, 5.41) is 0. The number of carbonyl (C=O) groups excluding carboxylic acids is 1. The smallest absolute Gasteiger partial charge is 0.164 e. The summed E-state index contributed by atoms with van der Waals surface area (Å²) >= 11 is 5.00. The van der Waals surface area contributed by atoms with E-state index in [2.05, 4.69) is 15.9 Å². The molecule has 1 aromatic heterocycles. The van der Waals surface area contributed by atoms with E-state index in [0.29, 0.717) is 13.0 Å². The zero-order valence-electron chi connectivity index (χ0n) is 6.34. The van der Waals surface area contributed by atoms with Crippen LogP contribution in [0.5, 0.6) is 0 Å². The first-order valence-corrected chi connectivity index (χ1v) is 5.36. The predicted molar refractivity (Wildman–Crippen MR) is 52.8 cm³/mol. The first kappa shape index (κ1) is 8.41. The van der Waals surface area contributed by atoms with Gasteiger partial charge in [-0.2, -0.15) is 0 Å². The summed E-state index contributed by atoms with van der Waals surface area (Å²) in [6.45, 7) is 0.575. The van der Waals surface area contributed by atoms with Crippen molar-refractivity contribution in [1.29, 1.82) is 0 Å². The largest absolute Gasteiger partial charge is 0.330 e. The van der Waals surface area contributed by atoms with Crippen LogP contribution in [-0.2, 0) is 0 Å². The second kappa shape index (κ2) is 2.94. The van der Waals surface area contributed by atoms with Gasteiger partial charge < -0.3 is 5.73 Å². The Labute approximate surface area is 82.9 Å². The average molecular weight is 246 g/mol. The summed E-state index contributed by atoms with van der Waals surface area (Å²) in [6, 6.07) is 1.90. The number of nitrogens with two attached hydrogens (primary N) is 1. The number of ketones is 1. The van der Waals surface area contributed by atoms with Gasteiger partial charge in [-0.05, 0) is 22.0 Å². The van der Waals surface area contributed by atoms with Gasteiger partial charge in [0.1, 0.15) is 0 Å². The second-order valence-electron chi connectivity index (χ2n) is 2.89. The summed E-state index contributed by atoms with van der Waals surface area (Å²) in [4.78, 5) is 12.5. The molecule has 0 radical (unpaired) electrons. The third-order valence-electron chi connectivity index (χ3n) is 2.12. The number of hydrogen-bond acceptors (Lipinski definition) is 3. The Morgan fingerprint density at radius 3 is 3.17 bits per heavy atom. The van der Waals surface area contributed by atoms with Gasteiger partial charge in [0.05, 0.1) is 3.79 Å². The molecule has 0 saturated carbocycles. The quantitative estimate of drug-likeness (QED) is 0.824. The van der Waals surface area contributed by atoms with Crippen molar-refractivity contribution in [2.75, 3.05) is 6.54 Å². The van der Waals surface area contributed by atoms with Crippen molar-refractivity contribution in [3.05, 3.63) is 20.3 Å². The summed E-state index contributed by atoms with van der Waals surface area (Å²) in [6.07, 6.45) is 0.602. The van der Waals surface area contributed by atoms with Crippen LogP contribution in [0, 0.1) is 0 Å². The zero-order chi connectivity index (χ0) is 8.72. The fourth-order valence-corrected chi connectivity index (χ4v) is 3.28. The fraction of sp³-hybridized carbons (Fsp3) is 0.375. The van der Waals surface area contributed by atoms with Crippen molar-refractivity contribution >= 4 is 33.0 Å². The van der Waals surface area contributed by atoms with E-state index in [4.69, 9.17) is 5.73 Å². The lowest BCUT2D eigenvalue weighted by Gasteiger charge is -2.01. The molecule has 0 bridgehead atoms. The van der Waals surface area contributed by atoms with Crippen LogP contribution in [0.15, 0.2) is 9.85 Å². The molecule has 0 spiro atoms. The summed E-state index contributed by atoms with van der Waals surface area (Å²) in [5.74, 6) is 0.506. The average Bonchev–Trinajstić information content (AvgIpc) is 2.52. The van der Waals surface area contributed by atoms with Crippen LogP contribution in [0.2, 0.25) is 0 Å². The Kier molecular flexibility index (Phi) is 2.06. The number of Topliss-reactive ketones (excluding diaryl/α,β-unsaturated/α-hetero) is 1. The summed E-state index contributed by atoms with van der Waals surface area (Å²) < 4.78 is 1.03. The first-order chi connectivity index (χ1) is 5.72. The molecule has 64 valence electrons. The molecule has 1 atom stereocenters. The molecule has 1 aromatic rings. The van der Waals surface area contributed by atoms with Crippen LogP contribution in [0.25, 0.3) is 0 Å². The van der Waals surface area contributed by atoms with Crippen LogP contribution in [-0.4, -0.2) is 12.3 Å². The van der Waals surface area contributed by atoms with E-state index in [1.165, 1.54) is 0 Å². The molecule has 1 aliphatic carbocycles. The molecule has 0 saturated heterocycles. The van der Waals surface area contributed by atoms with Crippen LogP contribution >= 0.6 is 27.3 Å². The maximum Gasteiger partial charge on any atom is 0.164 e. The molecule has 1 heterocycles. The Morgan fingerprint density at radius 2 is 2.50 bits per heavy atom. The van der Waals surface area contributed by atoms with Crippen molar-refractivity contribution in [2.45, 2.75) is 12.3 Å². The van der Waals surface area contributed by atoms with Crippen LogP contribution < -0.4 is 5.73 Å². The molecule has 0 aliphatic heterocycles. The number of hydrogen-bond donors (Lipinski definition) is 1. The minimum Gasteiger partial charge on any atom is -0.330 e. The Bertz CT molecular complexity index is 334. The lowest BCUT2D eigenvalue weighted by Crippen LogP contribution is -2.08. The van der Waals surface area contributed by atoms with Crippen LogP contribution in [0.3, 0.4) is 0 Å². The fourth-order valence-electron chi connectivity index (χ4n) is 1.51. The highest BCUT2D eigenvalue weighted by Gasteiger charge is 2.30. The molecule has 1 aliphatic rings. The van der Waals surface area contributed by atoms with Gasteiger partial charge in [0.15, 0.2) is 5.78 Å². The van der Waals surface area contributed by atoms with Crippen LogP contribution in [0.4, 0.5) is 0 Å².